The zero-order chi connectivity index (χ0) is 16.8. The molecule has 0 aliphatic carbocycles. The van der Waals surface area contributed by atoms with E-state index in [9.17, 15) is 4.79 Å². The first-order valence-corrected chi connectivity index (χ1v) is 7.84. The van der Waals surface area contributed by atoms with Crippen LogP contribution in [0, 0.1) is 11.3 Å². The van der Waals surface area contributed by atoms with E-state index in [-0.39, 0.29) is 18.2 Å². The zero-order valence-electron chi connectivity index (χ0n) is 13.7. The second-order valence-corrected chi connectivity index (χ2v) is 7.21. The van der Waals surface area contributed by atoms with E-state index < -0.39 is 5.60 Å². The maximum absolute atomic E-state index is 12.3. The summed E-state index contributed by atoms with van der Waals surface area (Å²) in [6.45, 7) is 7.06. The molecule has 1 aromatic rings. The Kier molecular flexibility index (Phi) is 3.59. The van der Waals surface area contributed by atoms with Gasteiger partial charge in [0.15, 0.2) is 0 Å². The van der Waals surface area contributed by atoms with E-state index in [1.807, 2.05) is 37.8 Å². The van der Waals surface area contributed by atoms with Crippen molar-refractivity contribution in [1.82, 2.24) is 4.90 Å². The van der Waals surface area contributed by atoms with Crippen LogP contribution >= 0.6 is 0 Å². The van der Waals surface area contributed by atoms with Gasteiger partial charge in [-0.1, -0.05) is 0 Å². The monoisotopic (exact) mass is 314 g/mol. The molecule has 122 valence electrons. The number of nitriles is 1. The molecule has 0 saturated carbocycles. The van der Waals surface area contributed by atoms with Gasteiger partial charge in [-0.05, 0) is 45.4 Å². The van der Waals surface area contributed by atoms with Gasteiger partial charge >= 0.3 is 6.09 Å². The molecule has 0 aromatic heterocycles. The van der Waals surface area contributed by atoms with Crippen molar-refractivity contribution in [2.24, 2.45) is 0 Å². The molecule has 3 rings (SSSR count). The third kappa shape index (κ3) is 2.91. The average Bonchev–Trinajstić information content (AvgIpc) is 3.06. The highest BCUT2D eigenvalue weighted by molar-refractivity contribution is 5.71. The number of likely N-dealkylation sites (tertiary alicyclic amines) is 1. The molecule has 2 fully saturated rings. The van der Waals surface area contributed by atoms with Gasteiger partial charge in [-0.25, -0.2) is 4.79 Å². The van der Waals surface area contributed by atoms with E-state index in [1.54, 1.807) is 6.07 Å². The van der Waals surface area contributed by atoms with Crippen LogP contribution in [0.3, 0.4) is 0 Å². The Morgan fingerprint density at radius 3 is 2.65 bits per heavy atom. The smallest absolute Gasteiger partial charge is 0.410 e. The molecule has 2 aliphatic heterocycles. The van der Waals surface area contributed by atoms with Gasteiger partial charge in [0.2, 0.25) is 0 Å². The third-order valence-electron chi connectivity index (χ3n) is 4.36. The fourth-order valence-electron chi connectivity index (χ4n) is 3.35. The van der Waals surface area contributed by atoms with Crippen molar-refractivity contribution in [3.63, 3.8) is 0 Å². The van der Waals surface area contributed by atoms with Gasteiger partial charge in [0, 0.05) is 30.5 Å². The number of carbonyl (C=O) groups excluding carboxylic acids is 1. The molecule has 2 aliphatic rings. The summed E-state index contributed by atoms with van der Waals surface area (Å²) in [6, 6.07) is 8.09. The predicted octanol–water partition coefficient (Wildman–Crippen LogP) is 2.34. The quantitative estimate of drug-likeness (QED) is 0.804. The number of piperazine rings is 1. The molecule has 23 heavy (non-hydrogen) atoms. The van der Waals surface area contributed by atoms with E-state index in [2.05, 4.69) is 11.0 Å². The van der Waals surface area contributed by atoms with Gasteiger partial charge in [0.05, 0.1) is 11.6 Å². The summed E-state index contributed by atoms with van der Waals surface area (Å²) >= 11 is 0. The Morgan fingerprint density at radius 2 is 2.09 bits per heavy atom. The topological polar surface area (TPSA) is 82.6 Å². The Morgan fingerprint density at radius 1 is 1.35 bits per heavy atom. The van der Waals surface area contributed by atoms with Gasteiger partial charge in [0.25, 0.3) is 0 Å². The number of fused-ring (bicyclic) bond motifs is 2. The maximum atomic E-state index is 12.3. The summed E-state index contributed by atoms with van der Waals surface area (Å²) in [7, 11) is 0. The standard InChI is InChI=1S/C17H22N4O2/c1-17(2,3)23-16(22)21-10-13-7-14(21)9-20(13)12-4-5-15(19)11(6-12)8-18/h4-6,13-14H,7,9-10,19H2,1-3H3/t13-,14-/m0/s1. The molecule has 1 amide bonds. The molecule has 0 unspecified atom stereocenters. The molecular weight excluding hydrogens is 292 g/mol. The van der Waals surface area contributed by atoms with Crippen LogP contribution in [-0.2, 0) is 4.74 Å². The number of hydrogen-bond donors (Lipinski definition) is 1. The fraction of sp³-hybridized carbons (Fsp3) is 0.529. The largest absolute Gasteiger partial charge is 0.444 e. The van der Waals surface area contributed by atoms with Gasteiger partial charge in [-0.15, -0.1) is 0 Å². The van der Waals surface area contributed by atoms with Crippen LogP contribution in [0.25, 0.3) is 0 Å². The molecule has 6 heteroatoms. The summed E-state index contributed by atoms with van der Waals surface area (Å²) in [5, 5.41) is 9.12. The Balaban J connectivity index is 1.71. The zero-order valence-corrected chi connectivity index (χ0v) is 13.7. The Bertz CT molecular complexity index is 674. The SMILES string of the molecule is CC(C)(C)OC(=O)N1C[C@@H]2C[C@H]1CN2c1ccc(N)c(C#N)c1. The highest BCUT2D eigenvalue weighted by Gasteiger charge is 2.46. The van der Waals surface area contributed by atoms with E-state index in [4.69, 9.17) is 15.7 Å². The van der Waals surface area contributed by atoms with Crippen LogP contribution in [0.15, 0.2) is 18.2 Å². The molecule has 2 atom stereocenters. The Hall–Kier alpha value is -2.42. The number of anilines is 2. The van der Waals surface area contributed by atoms with Crippen LogP contribution < -0.4 is 10.6 Å². The van der Waals surface area contributed by atoms with Crippen molar-refractivity contribution in [2.75, 3.05) is 23.7 Å². The van der Waals surface area contributed by atoms with Crippen molar-refractivity contribution in [3.05, 3.63) is 23.8 Å². The van der Waals surface area contributed by atoms with Crippen molar-refractivity contribution in [1.29, 1.82) is 5.26 Å². The highest BCUT2D eigenvalue weighted by atomic mass is 16.6. The second kappa shape index (κ2) is 5.34. The van der Waals surface area contributed by atoms with Gasteiger partial charge in [0.1, 0.15) is 11.7 Å². The molecule has 0 spiro atoms. The number of carbonyl (C=O) groups is 1. The van der Waals surface area contributed by atoms with Gasteiger partial charge < -0.3 is 20.3 Å². The number of nitrogens with zero attached hydrogens (tertiary/aromatic N) is 3. The number of ether oxygens (including phenoxy) is 1. The number of rotatable bonds is 1. The van der Waals surface area contributed by atoms with Crippen LogP contribution in [0.1, 0.15) is 32.8 Å². The molecule has 2 bridgehead atoms. The van der Waals surface area contributed by atoms with Crippen LogP contribution in [0.4, 0.5) is 16.2 Å². The minimum absolute atomic E-state index is 0.165. The lowest BCUT2D eigenvalue weighted by atomic mass is 10.1. The van der Waals surface area contributed by atoms with Crippen LogP contribution in [0.2, 0.25) is 0 Å². The molecule has 1 aromatic carbocycles. The lowest BCUT2D eigenvalue weighted by Crippen LogP contribution is -2.50. The average molecular weight is 314 g/mol. The number of hydrogen-bond acceptors (Lipinski definition) is 5. The molecular formula is C17H22N4O2. The lowest BCUT2D eigenvalue weighted by molar-refractivity contribution is 0.0215. The first kappa shape index (κ1) is 15.5. The minimum Gasteiger partial charge on any atom is -0.444 e. The van der Waals surface area contributed by atoms with E-state index in [0.29, 0.717) is 17.8 Å². The van der Waals surface area contributed by atoms with E-state index >= 15 is 0 Å². The van der Waals surface area contributed by atoms with Crippen molar-refractivity contribution < 1.29 is 9.53 Å². The van der Waals surface area contributed by atoms with Gasteiger partial charge in [-0.3, -0.25) is 0 Å². The molecule has 0 radical (unpaired) electrons. The van der Waals surface area contributed by atoms with Crippen molar-refractivity contribution >= 4 is 17.5 Å². The lowest BCUT2D eigenvalue weighted by Gasteiger charge is -2.36. The highest BCUT2D eigenvalue weighted by Crippen LogP contribution is 2.36. The number of benzene rings is 1. The summed E-state index contributed by atoms with van der Waals surface area (Å²) in [6.07, 6.45) is 0.700. The fourth-order valence-corrected chi connectivity index (χ4v) is 3.35. The van der Waals surface area contributed by atoms with Gasteiger partial charge in [-0.2, -0.15) is 5.26 Å². The van der Waals surface area contributed by atoms with Crippen LogP contribution in [0.5, 0.6) is 0 Å². The summed E-state index contributed by atoms with van der Waals surface area (Å²) in [4.78, 5) is 16.3. The number of nitrogens with two attached hydrogens (primary N) is 1. The third-order valence-corrected chi connectivity index (χ3v) is 4.36. The summed E-state index contributed by atoms with van der Waals surface area (Å²) in [5.74, 6) is 0. The normalized spacial score (nSPS) is 23.0. The second-order valence-electron chi connectivity index (χ2n) is 7.21. The van der Waals surface area contributed by atoms with E-state index in [1.165, 1.54) is 0 Å². The van der Waals surface area contributed by atoms with Crippen molar-refractivity contribution in [2.45, 2.75) is 44.9 Å². The molecule has 2 heterocycles. The Labute approximate surface area is 136 Å². The maximum Gasteiger partial charge on any atom is 0.410 e. The van der Waals surface area contributed by atoms with Crippen LogP contribution in [-0.4, -0.2) is 41.8 Å². The number of amides is 1. The molecule has 2 saturated heterocycles. The number of nitrogen functional groups attached to an aromatic ring is 1. The summed E-state index contributed by atoms with van der Waals surface area (Å²) < 4.78 is 5.48. The first-order chi connectivity index (χ1) is 10.8. The minimum atomic E-state index is -0.475. The van der Waals surface area contributed by atoms with E-state index in [0.717, 1.165) is 18.7 Å². The first-order valence-electron chi connectivity index (χ1n) is 7.84. The molecule has 6 nitrogen and oxygen atoms in total. The predicted molar refractivity (Wildman–Crippen MR) is 88.0 cm³/mol. The van der Waals surface area contributed by atoms with Crippen molar-refractivity contribution in [3.8, 4) is 6.07 Å². The molecule has 2 N–H and O–H groups in total. The summed E-state index contributed by atoms with van der Waals surface area (Å²) in [5.41, 5.74) is 7.29.